The highest BCUT2D eigenvalue weighted by Crippen LogP contribution is 2.30. The molecule has 1 aliphatic rings. The fourth-order valence-corrected chi connectivity index (χ4v) is 2.52. The molecule has 19 heavy (non-hydrogen) atoms. The average molecular weight is 323 g/mol. The van der Waals surface area contributed by atoms with E-state index in [4.69, 9.17) is 4.74 Å². The summed E-state index contributed by atoms with van der Waals surface area (Å²) in [5.74, 6) is 0.351. The minimum Gasteiger partial charge on any atom is -0.472 e. The Morgan fingerprint density at radius 2 is 2.05 bits per heavy atom. The summed E-state index contributed by atoms with van der Waals surface area (Å²) in [6, 6.07) is 9.19. The molecule has 6 heteroatoms. The number of ether oxygens (including phenoxy) is 1. The Balaban J connectivity index is 2.26. The molecule has 2 aromatic rings. The van der Waals surface area contributed by atoms with Gasteiger partial charge in [-0.2, -0.15) is 0 Å². The number of fused-ring (bicyclic) bond motifs is 1. The van der Waals surface area contributed by atoms with Gasteiger partial charge in [-0.1, -0.05) is 46.3 Å². The molecule has 0 fully saturated rings. The van der Waals surface area contributed by atoms with Crippen LogP contribution in [0.3, 0.4) is 0 Å². The molecule has 1 aromatic heterocycles. The van der Waals surface area contributed by atoms with Crippen LogP contribution in [0.4, 0.5) is 0 Å². The molecule has 0 saturated carbocycles. The van der Waals surface area contributed by atoms with Crippen molar-refractivity contribution in [2.45, 2.75) is 12.6 Å². The van der Waals surface area contributed by atoms with E-state index in [-0.39, 0.29) is 6.10 Å². The van der Waals surface area contributed by atoms with Crippen LogP contribution < -0.4 is 16.0 Å². The Labute approximate surface area is 117 Å². The molecule has 3 rings (SSSR count). The van der Waals surface area contributed by atoms with Crippen molar-refractivity contribution in [3.05, 3.63) is 51.2 Å². The quantitative estimate of drug-likeness (QED) is 0.849. The number of aromatic nitrogens is 2. The molecule has 1 aliphatic heterocycles. The van der Waals surface area contributed by atoms with Gasteiger partial charge in [0.1, 0.15) is 11.7 Å². The van der Waals surface area contributed by atoms with Crippen LogP contribution in [-0.2, 0) is 6.54 Å². The summed E-state index contributed by atoms with van der Waals surface area (Å²) in [6.45, 7) is 0.441. The Hall–Kier alpha value is -1.82. The van der Waals surface area contributed by atoms with E-state index in [0.29, 0.717) is 23.3 Å². The predicted molar refractivity (Wildman–Crippen MR) is 75.0 cm³/mol. The third-order valence-electron chi connectivity index (χ3n) is 3.05. The molecule has 2 heterocycles. The Bertz CT molecular complexity index is 721. The summed E-state index contributed by atoms with van der Waals surface area (Å²) in [5, 5.41) is 0.608. The summed E-state index contributed by atoms with van der Waals surface area (Å²) in [4.78, 5) is 26.2. The van der Waals surface area contributed by atoms with Crippen molar-refractivity contribution in [2.24, 2.45) is 0 Å². The molecule has 0 bridgehead atoms. The maximum absolute atomic E-state index is 12.0. The van der Waals surface area contributed by atoms with E-state index in [1.807, 2.05) is 30.3 Å². The molecular weight excluding hydrogens is 312 g/mol. The zero-order valence-corrected chi connectivity index (χ0v) is 11.5. The minimum absolute atomic E-state index is 0.134. The van der Waals surface area contributed by atoms with Crippen molar-refractivity contribution < 1.29 is 4.74 Å². The van der Waals surface area contributed by atoms with Gasteiger partial charge in [0, 0.05) is 5.33 Å². The molecule has 98 valence electrons. The molecule has 1 aromatic carbocycles. The first-order valence-corrected chi connectivity index (χ1v) is 6.98. The second-order valence-corrected chi connectivity index (χ2v) is 4.96. The van der Waals surface area contributed by atoms with Gasteiger partial charge in [-0.15, -0.1) is 0 Å². The molecule has 0 spiro atoms. The molecule has 0 radical (unpaired) electrons. The lowest BCUT2D eigenvalue weighted by Gasteiger charge is -2.08. The van der Waals surface area contributed by atoms with Crippen molar-refractivity contribution in [1.82, 2.24) is 9.55 Å². The van der Waals surface area contributed by atoms with Crippen molar-refractivity contribution in [3.8, 4) is 17.0 Å². The second kappa shape index (κ2) is 4.70. The van der Waals surface area contributed by atoms with Gasteiger partial charge in [0.05, 0.1) is 6.54 Å². The van der Waals surface area contributed by atoms with E-state index in [2.05, 4.69) is 20.9 Å². The minimum atomic E-state index is -0.428. The molecule has 0 aliphatic carbocycles. The maximum atomic E-state index is 12.0. The molecule has 0 unspecified atom stereocenters. The first-order chi connectivity index (χ1) is 9.20. The highest BCUT2D eigenvalue weighted by atomic mass is 79.9. The Morgan fingerprint density at radius 1 is 1.32 bits per heavy atom. The van der Waals surface area contributed by atoms with E-state index in [1.54, 1.807) is 0 Å². The molecule has 0 amide bonds. The smallest absolute Gasteiger partial charge is 0.331 e. The fourth-order valence-electron chi connectivity index (χ4n) is 2.18. The van der Waals surface area contributed by atoms with Gasteiger partial charge < -0.3 is 4.74 Å². The normalized spacial score (nSPS) is 17.0. The number of H-pyrrole nitrogens is 1. The zero-order valence-electron chi connectivity index (χ0n) is 9.93. The number of rotatable bonds is 2. The monoisotopic (exact) mass is 322 g/mol. The van der Waals surface area contributed by atoms with Gasteiger partial charge in [-0.25, -0.2) is 4.79 Å². The van der Waals surface area contributed by atoms with Gasteiger partial charge in [0.15, 0.2) is 0 Å². The van der Waals surface area contributed by atoms with Gasteiger partial charge in [0.2, 0.25) is 5.88 Å². The Morgan fingerprint density at radius 3 is 2.74 bits per heavy atom. The number of benzene rings is 1. The summed E-state index contributed by atoms with van der Waals surface area (Å²) in [7, 11) is 0. The summed E-state index contributed by atoms with van der Waals surface area (Å²) in [5.41, 5.74) is 0.298. The van der Waals surface area contributed by atoms with E-state index in [0.717, 1.165) is 5.56 Å². The standard InChI is InChI=1S/C13H11BrN2O3/c14-6-9-7-16-12(19-9)10(11(17)15-13(16)18)8-4-2-1-3-5-8/h1-5,9H,6-7H2,(H,15,17,18)/t9-/m1/s1. The van der Waals surface area contributed by atoms with E-state index in [9.17, 15) is 9.59 Å². The van der Waals surface area contributed by atoms with Gasteiger partial charge >= 0.3 is 5.69 Å². The predicted octanol–water partition coefficient (Wildman–Crippen LogP) is 1.36. The first kappa shape index (κ1) is 12.2. The van der Waals surface area contributed by atoms with Gasteiger partial charge in [-0.3, -0.25) is 14.3 Å². The Kier molecular flexibility index (Phi) is 3.02. The van der Waals surface area contributed by atoms with Crippen LogP contribution in [-0.4, -0.2) is 21.0 Å². The van der Waals surface area contributed by atoms with Crippen molar-refractivity contribution in [2.75, 3.05) is 5.33 Å². The zero-order chi connectivity index (χ0) is 13.4. The number of nitrogens with one attached hydrogen (secondary N) is 1. The molecular formula is C13H11BrN2O3. The molecule has 1 N–H and O–H groups in total. The fraction of sp³-hybridized carbons (Fsp3) is 0.231. The van der Waals surface area contributed by atoms with E-state index in [1.165, 1.54) is 4.57 Å². The topological polar surface area (TPSA) is 64.1 Å². The lowest BCUT2D eigenvalue weighted by molar-refractivity contribution is 0.261. The van der Waals surface area contributed by atoms with E-state index < -0.39 is 11.2 Å². The van der Waals surface area contributed by atoms with Crippen molar-refractivity contribution in [3.63, 3.8) is 0 Å². The third-order valence-corrected chi connectivity index (χ3v) is 3.77. The van der Waals surface area contributed by atoms with E-state index >= 15 is 0 Å². The highest BCUT2D eigenvalue weighted by molar-refractivity contribution is 9.09. The number of nitrogens with zero attached hydrogens (tertiary/aromatic N) is 1. The lowest BCUT2D eigenvalue weighted by atomic mass is 10.1. The second-order valence-electron chi connectivity index (χ2n) is 4.31. The van der Waals surface area contributed by atoms with Crippen LogP contribution in [0.5, 0.6) is 5.88 Å². The molecule has 0 saturated heterocycles. The number of aromatic amines is 1. The largest absolute Gasteiger partial charge is 0.472 e. The number of halogens is 1. The highest BCUT2D eigenvalue weighted by Gasteiger charge is 2.28. The maximum Gasteiger partial charge on any atom is 0.331 e. The summed E-state index contributed by atoms with van der Waals surface area (Å²) >= 11 is 3.33. The number of hydrogen-bond acceptors (Lipinski definition) is 3. The molecule has 5 nitrogen and oxygen atoms in total. The number of alkyl halides is 1. The third kappa shape index (κ3) is 2.02. The van der Waals surface area contributed by atoms with Gasteiger partial charge in [-0.05, 0) is 5.56 Å². The van der Waals surface area contributed by atoms with Crippen LogP contribution in [0.1, 0.15) is 0 Å². The molecule has 1 atom stereocenters. The van der Waals surface area contributed by atoms with Crippen LogP contribution in [0, 0.1) is 0 Å². The first-order valence-electron chi connectivity index (χ1n) is 5.86. The van der Waals surface area contributed by atoms with Gasteiger partial charge in [0.25, 0.3) is 5.56 Å². The SMILES string of the molecule is O=c1[nH]c(=O)n2c(c1-c1ccccc1)O[C@H](CBr)C2. The summed E-state index contributed by atoms with van der Waals surface area (Å²) in [6.07, 6.45) is -0.134. The van der Waals surface area contributed by atoms with Crippen LogP contribution in [0.25, 0.3) is 11.1 Å². The number of hydrogen-bond donors (Lipinski definition) is 1. The van der Waals surface area contributed by atoms with Crippen molar-refractivity contribution in [1.29, 1.82) is 0 Å². The van der Waals surface area contributed by atoms with Crippen LogP contribution in [0.2, 0.25) is 0 Å². The lowest BCUT2D eigenvalue weighted by Crippen LogP contribution is -2.29. The average Bonchev–Trinajstić information content (AvgIpc) is 2.84. The summed E-state index contributed by atoms with van der Waals surface area (Å²) < 4.78 is 7.17. The van der Waals surface area contributed by atoms with Crippen LogP contribution >= 0.6 is 15.9 Å². The van der Waals surface area contributed by atoms with Crippen molar-refractivity contribution >= 4 is 15.9 Å². The van der Waals surface area contributed by atoms with Crippen LogP contribution in [0.15, 0.2) is 39.9 Å².